The lowest BCUT2D eigenvalue weighted by Crippen LogP contribution is -2.48. The summed E-state index contributed by atoms with van der Waals surface area (Å²) in [5.74, 6) is 5.73. The standard InChI is InChI=1S/C24H38S2Si/c1-13-7-8-14(2)21-17(13)9-10-20(21)27(5,6)24-22-18(11-15(3)25-22)19-12-16(4)26-23(19)24/h11-14,17-24H,7-10H2,1-6H3/t13-,14-,17?,18-,19?,20?,21?,22?,23?,24?/m0/s1. The van der Waals surface area contributed by atoms with E-state index in [0.717, 1.165) is 57.1 Å². The second kappa shape index (κ2) is 6.70. The largest absolute Gasteiger partial charge is 0.127 e. The molecule has 2 aliphatic heterocycles. The average Bonchev–Trinajstić information content (AvgIpc) is 3.31. The highest BCUT2D eigenvalue weighted by molar-refractivity contribution is 8.05. The Hall–Kier alpha value is 0.397. The van der Waals surface area contributed by atoms with E-state index in [0.29, 0.717) is 0 Å². The lowest BCUT2D eigenvalue weighted by atomic mass is 9.69. The highest BCUT2D eigenvalue weighted by Gasteiger charge is 2.62. The van der Waals surface area contributed by atoms with E-state index in [1.165, 1.54) is 12.8 Å². The van der Waals surface area contributed by atoms with Crippen LogP contribution >= 0.6 is 23.5 Å². The van der Waals surface area contributed by atoms with Gasteiger partial charge in [0.2, 0.25) is 0 Å². The van der Waals surface area contributed by atoms with Gasteiger partial charge in [-0.3, -0.25) is 0 Å². The molecule has 3 saturated carbocycles. The molecule has 10 atom stereocenters. The van der Waals surface area contributed by atoms with Crippen LogP contribution in [0.4, 0.5) is 0 Å². The highest BCUT2D eigenvalue weighted by atomic mass is 32.2. The van der Waals surface area contributed by atoms with Crippen molar-refractivity contribution in [2.75, 3.05) is 0 Å². The molecule has 27 heavy (non-hydrogen) atoms. The molecule has 3 aliphatic carbocycles. The van der Waals surface area contributed by atoms with Crippen LogP contribution in [0.25, 0.3) is 0 Å². The first kappa shape index (κ1) is 19.4. The molecule has 0 aromatic carbocycles. The summed E-state index contributed by atoms with van der Waals surface area (Å²) in [5.41, 5.74) is 2.07. The average molecular weight is 419 g/mol. The van der Waals surface area contributed by atoms with Gasteiger partial charge in [0.15, 0.2) is 0 Å². The monoisotopic (exact) mass is 418 g/mol. The zero-order valence-corrected chi connectivity index (χ0v) is 20.7. The summed E-state index contributed by atoms with van der Waals surface area (Å²) in [6, 6.07) is 0. The number of thioether (sulfide) groups is 2. The van der Waals surface area contributed by atoms with E-state index in [9.17, 15) is 0 Å². The van der Waals surface area contributed by atoms with Crippen molar-refractivity contribution in [3.05, 3.63) is 22.0 Å². The molecule has 0 spiro atoms. The molecule has 5 rings (SSSR count). The molecule has 0 nitrogen and oxygen atoms in total. The van der Waals surface area contributed by atoms with Crippen molar-refractivity contribution < 1.29 is 0 Å². The van der Waals surface area contributed by atoms with Crippen LogP contribution < -0.4 is 0 Å². The van der Waals surface area contributed by atoms with E-state index < -0.39 is 8.07 Å². The smallest absolute Gasteiger partial charge is 0.0563 e. The molecule has 0 N–H and O–H groups in total. The minimum Gasteiger partial charge on any atom is -0.127 e. The molecule has 5 aliphatic rings. The summed E-state index contributed by atoms with van der Waals surface area (Å²) in [6.45, 7) is 15.6. The Labute approximate surface area is 176 Å². The van der Waals surface area contributed by atoms with Crippen molar-refractivity contribution in [2.45, 2.75) is 88.1 Å². The van der Waals surface area contributed by atoms with Gasteiger partial charge in [0.05, 0.1) is 8.07 Å². The lowest BCUT2D eigenvalue weighted by molar-refractivity contribution is 0.135. The van der Waals surface area contributed by atoms with Crippen molar-refractivity contribution in [3.63, 3.8) is 0 Å². The predicted octanol–water partition coefficient (Wildman–Crippen LogP) is 7.81. The lowest BCUT2D eigenvalue weighted by Gasteiger charge is -2.48. The maximum Gasteiger partial charge on any atom is 0.0563 e. The molecule has 0 aromatic rings. The fourth-order valence-electron chi connectivity index (χ4n) is 8.30. The topological polar surface area (TPSA) is 0 Å². The molecule has 0 bridgehead atoms. The minimum absolute atomic E-state index is 0.835. The van der Waals surface area contributed by atoms with E-state index in [-0.39, 0.29) is 0 Å². The SMILES string of the molecule is CC1=CC2C(S1)C([Si](C)(C)C1CCC3C1[C@@H](C)CC[C@@H]3C)C1SC(C)=C[C@@H]21. The molecule has 3 fully saturated rings. The Bertz CT molecular complexity index is 648. The third kappa shape index (κ3) is 2.84. The first-order valence-corrected chi connectivity index (χ1v) is 16.4. The third-order valence-electron chi connectivity index (χ3n) is 9.46. The molecule has 0 aromatic heterocycles. The van der Waals surface area contributed by atoms with Gasteiger partial charge in [0.25, 0.3) is 0 Å². The number of rotatable bonds is 2. The summed E-state index contributed by atoms with van der Waals surface area (Å²) in [6.07, 6.45) is 11.4. The van der Waals surface area contributed by atoms with Crippen molar-refractivity contribution in [2.24, 2.45) is 35.5 Å². The molecule has 7 unspecified atom stereocenters. The van der Waals surface area contributed by atoms with E-state index in [1.54, 1.807) is 22.7 Å². The summed E-state index contributed by atoms with van der Waals surface area (Å²) in [7, 11) is -1.36. The Morgan fingerprint density at radius 2 is 1.37 bits per heavy atom. The highest BCUT2D eigenvalue weighted by Crippen LogP contribution is 2.68. The van der Waals surface area contributed by atoms with Crippen LogP contribution in [0.5, 0.6) is 0 Å². The van der Waals surface area contributed by atoms with Crippen molar-refractivity contribution in [3.8, 4) is 0 Å². The Kier molecular flexibility index (Phi) is 4.81. The molecule has 3 heteroatoms. The van der Waals surface area contributed by atoms with Gasteiger partial charge in [-0.2, -0.15) is 0 Å². The van der Waals surface area contributed by atoms with Crippen LogP contribution in [0.1, 0.15) is 53.4 Å². The molecule has 0 saturated heterocycles. The molecular weight excluding hydrogens is 380 g/mol. The fourth-order valence-corrected chi connectivity index (χ4v) is 18.8. The van der Waals surface area contributed by atoms with Gasteiger partial charge in [0.1, 0.15) is 0 Å². The summed E-state index contributed by atoms with van der Waals surface area (Å²) >= 11 is 4.54. The fraction of sp³-hybridized carbons (Fsp3) is 0.833. The second-order valence-corrected chi connectivity index (χ2v) is 19.1. The van der Waals surface area contributed by atoms with E-state index in [2.05, 4.69) is 76.5 Å². The molecule has 2 heterocycles. The zero-order chi connectivity index (χ0) is 19.1. The minimum atomic E-state index is -1.36. The van der Waals surface area contributed by atoms with Crippen molar-refractivity contribution in [1.29, 1.82) is 0 Å². The van der Waals surface area contributed by atoms with Gasteiger partial charge in [-0.1, -0.05) is 58.4 Å². The van der Waals surface area contributed by atoms with E-state index in [4.69, 9.17) is 0 Å². The molecule has 0 radical (unpaired) electrons. The number of hydrogen-bond donors (Lipinski definition) is 0. The van der Waals surface area contributed by atoms with Crippen molar-refractivity contribution >= 4 is 31.6 Å². The number of fused-ring (bicyclic) bond motifs is 4. The van der Waals surface area contributed by atoms with E-state index >= 15 is 0 Å². The van der Waals surface area contributed by atoms with Crippen LogP contribution in [-0.2, 0) is 0 Å². The van der Waals surface area contributed by atoms with Gasteiger partial charge in [-0.15, -0.1) is 23.5 Å². The first-order chi connectivity index (χ1) is 12.8. The van der Waals surface area contributed by atoms with Crippen LogP contribution in [0, 0.1) is 35.5 Å². The van der Waals surface area contributed by atoms with Crippen LogP contribution in [-0.4, -0.2) is 18.6 Å². The third-order valence-corrected chi connectivity index (χ3v) is 17.7. The van der Waals surface area contributed by atoms with Crippen molar-refractivity contribution in [1.82, 2.24) is 0 Å². The first-order valence-electron chi connectivity index (χ1n) is 11.5. The Morgan fingerprint density at radius 3 is 1.96 bits per heavy atom. The van der Waals surface area contributed by atoms with Gasteiger partial charge in [0, 0.05) is 10.5 Å². The predicted molar refractivity (Wildman–Crippen MR) is 126 cm³/mol. The van der Waals surface area contributed by atoms with E-state index in [1.807, 2.05) is 0 Å². The van der Waals surface area contributed by atoms with Crippen LogP contribution in [0.15, 0.2) is 22.0 Å². The summed E-state index contributed by atoms with van der Waals surface area (Å²) in [4.78, 5) is 3.23. The van der Waals surface area contributed by atoms with Gasteiger partial charge in [-0.05, 0) is 76.7 Å². The maximum atomic E-state index is 2.83. The zero-order valence-electron chi connectivity index (χ0n) is 18.1. The number of allylic oxidation sites excluding steroid dienone is 4. The Morgan fingerprint density at radius 1 is 0.815 bits per heavy atom. The quantitative estimate of drug-likeness (QED) is 0.419. The second-order valence-electron chi connectivity index (χ2n) is 11.2. The number of hydrogen-bond acceptors (Lipinski definition) is 2. The Balaban J connectivity index is 1.48. The van der Waals surface area contributed by atoms with Crippen LogP contribution in [0.2, 0.25) is 24.2 Å². The summed E-state index contributed by atoms with van der Waals surface area (Å²) in [5, 5.41) is 1.79. The maximum absolute atomic E-state index is 2.83. The van der Waals surface area contributed by atoms with Gasteiger partial charge < -0.3 is 0 Å². The molecule has 0 amide bonds. The molecule has 150 valence electrons. The summed E-state index contributed by atoms with van der Waals surface area (Å²) < 4.78 is 0. The van der Waals surface area contributed by atoms with Gasteiger partial charge >= 0.3 is 0 Å². The molecular formula is C24H38S2Si. The normalized spacial score (nSPS) is 51.6. The van der Waals surface area contributed by atoms with Crippen LogP contribution in [0.3, 0.4) is 0 Å². The van der Waals surface area contributed by atoms with Gasteiger partial charge in [-0.25, -0.2) is 0 Å².